The summed E-state index contributed by atoms with van der Waals surface area (Å²) in [6.07, 6.45) is 0.234. The van der Waals surface area contributed by atoms with E-state index in [1.807, 2.05) is 5.59 Å². The molecule has 0 aliphatic rings. The molecule has 4 nitrogen and oxygen atoms in total. The molecular weight excluding hydrogens is 271 g/mol. The van der Waals surface area contributed by atoms with Crippen LogP contribution in [0.1, 0.15) is 6.42 Å². The van der Waals surface area contributed by atoms with E-state index in [2.05, 4.69) is 4.84 Å². The molecule has 0 bridgehead atoms. The highest BCUT2D eigenvalue weighted by Crippen LogP contribution is 2.30. The predicted molar refractivity (Wildman–Crippen MR) is 65.2 cm³/mol. The Morgan fingerprint density at radius 3 is 2.94 bits per heavy atom. The molecule has 0 spiro atoms. The van der Waals surface area contributed by atoms with Gasteiger partial charge in [0, 0.05) is 15.7 Å². The largest absolute Gasteiger partial charge is 0.356 e. The van der Waals surface area contributed by atoms with E-state index in [1.54, 1.807) is 18.2 Å². The second-order valence-corrected chi connectivity index (χ2v) is 4.75. The van der Waals surface area contributed by atoms with E-state index >= 15 is 0 Å². The van der Waals surface area contributed by atoms with Crippen LogP contribution in [0.5, 0.6) is 0 Å². The van der Waals surface area contributed by atoms with Gasteiger partial charge in [-0.1, -0.05) is 28.8 Å². The molecule has 0 amide bonds. The summed E-state index contributed by atoms with van der Waals surface area (Å²) < 4.78 is 0. The third kappa shape index (κ3) is 4.59. The van der Waals surface area contributed by atoms with E-state index in [-0.39, 0.29) is 6.42 Å². The lowest BCUT2D eigenvalue weighted by molar-refractivity contribution is -0.150. The van der Waals surface area contributed by atoms with E-state index in [0.29, 0.717) is 15.8 Å². The van der Waals surface area contributed by atoms with Crippen LogP contribution in [-0.2, 0) is 9.63 Å². The molecule has 1 aromatic carbocycles. The lowest BCUT2D eigenvalue weighted by Gasteiger charge is -2.04. The standard InChI is InChI=1S/C9H10Cl2N2O2S/c10-6-1-2-7(11)8(5-6)16-4-3-9(14)15-13-12/h1-2,5,13H,3-4,12H2. The topological polar surface area (TPSA) is 64.3 Å². The zero-order chi connectivity index (χ0) is 12.0. The number of carbonyl (C=O) groups is 1. The Bertz CT molecular complexity index is 377. The van der Waals surface area contributed by atoms with Crippen LogP contribution in [-0.4, -0.2) is 11.7 Å². The van der Waals surface area contributed by atoms with E-state index in [0.717, 1.165) is 4.90 Å². The van der Waals surface area contributed by atoms with Crippen molar-refractivity contribution >= 4 is 40.9 Å². The number of hydrazine groups is 1. The maximum absolute atomic E-state index is 10.9. The number of nitrogens with two attached hydrogens (primary N) is 1. The summed E-state index contributed by atoms with van der Waals surface area (Å²) in [7, 11) is 0. The molecule has 0 fully saturated rings. The average Bonchev–Trinajstić information content (AvgIpc) is 2.23. The molecule has 0 aliphatic carbocycles. The van der Waals surface area contributed by atoms with Crippen molar-refractivity contribution in [1.82, 2.24) is 5.59 Å². The monoisotopic (exact) mass is 280 g/mol. The quantitative estimate of drug-likeness (QED) is 0.493. The summed E-state index contributed by atoms with van der Waals surface area (Å²) in [5.74, 6) is 4.94. The fraction of sp³-hybridized carbons (Fsp3) is 0.222. The molecular formula is C9H10Cl2N2O2S. The van der Waals surface area contributed by atoms with Gasteiger partial charge in [0.05, 0.1) is 11.4 Å². The van der Waals surface area contributed by atoms with Gasteiger partial charge in [-0.15, -0.1) is 11.8 Å². The number of hydrogen-bond donors (Lipinski definition) is 2. The molecule has 0 saturated carbocycles. The van der Waals surface area contributed by atoms with Crippen molar-refractivity contribution in [1.29, 1.82) is 0 Å². The maximum Gasteiger partial charge on any atom is 0.327 e. The summed E-state index contributed by atoms with van der Waals surface area (Å²) in [4.78, 5) is 16.1. The minimum Gasteiger partial charge on any atom is -0.356 e. The minimum absolute atomic E-state index is 0.234. The van der Waals surface area contributed by atoms with Crippen LogP contribution in [0.2, 0.25) is 10.0 Å². The first-order chi connectivity index (χ1) is 7.63. The van der Waals surface area contributed by atoms with Gasteiger partial charge in [-0.25, -0.2) is 5.84 Å². The summed E-state index contributed by atoms with van der Waals surface area (Å²) in [5.41, 5.74) is 1.83. The average molecular weight is 281 g/mol. The van der Waals surface area contributed by atoms with Crippen molar-refractivity contribution in [2.75, 3.05) is 5.75 Å². The summed E-state index contributed by atoms with van der Waals surface area (Å²) in [5, 5.41) is 1.22. The van der Waals surface area contributed by atoms with Gasteiger partial charge < -0.3 is 4.84 Å². The molecule has 0 atom stereocenters. The van der Waals surface area contributed by atoms with Crippen LogP contribution in [0, 0.1) is 0 Å². The molecule has 0 aliphatic heterocycles. The van der Waals surface area contributed by atoms with E-state index in [1.165, 1.54) is 11.8 Å². The molecule has 0 radical (unpaired) electrons. The van der Waals surface area contributed by atoms with Crippen molar-refractivity contribution in [2.24, 2.45) is 5.84 Å². The van der Waals surface area contributed by atoms with E-state index in [4.69, 9.17) is 29.0 Å². The van der Waals surface area contributed by atoms with Crippen LogP contribution in [0.15, 0.2) is 23.1 Å². The molecule has 88 valence electrons. The molecule has 1 aromatic rings. The van der Waals surface area contributed by atoms with Crippen LogP contribution in [0.3, 0.4) is 0 Å². The second-order valence-electron chi connectivity index (χ2n) is 2.77. The molecule has 0 heterocycles. The number of rotatable bonds is 5. The van der Waals surface area contributed by atoms with Gasteiger partial charge >= 0.3 is 5.97 Å². The van der Waals surface area contributed by atoms with Crippen molar-refractivity contribution in [3.63, 3.8) is 0 Å². The highest BCUT2D eigenvalue weighted by Gasteiger charge is 2.05. The summed E-state index contributed by atoms with van der Waals surface area (Å²) in [6.45, 7) is 0. The second kappa shape index (κ2) is 6.98. The van der Waals surface area contributed by atoms with Crippen LogP contribution < -0.4 is 11.4 Å². The third-order valence-corrected chi connectivity index (χ3v) is 3.36. The number of benzene rings is 1. The lowest BCUT2D eigenvalue weighted by Crippen LogP contribution is -2.26. The van der Waals surface area contributed by atoms with Gasteiger partial charge in [-0.05, 0) is 18.2 Å². The van der Waals surface area contributed by atoms with Crippen molar-refractivity contribution in [3.05, 3.63) is 28.2 Å². The Morgan fingerprint density at radius 1 is 1.50 bits per heavy atom. The fourth-order valence-corrected chi connectivity index (χ4v) is 2.37. The Morgan fingerprint density at radius 2 is 2.25 bits per heavy atom. The Hall–Kier alpha value is -0.460. The summed E-state index contributed by atoms with van der Waals surface area (Å²) in [6, 6.07) is 5.17. The molecule has 0 unspecified atom stereocenters. The van der Waals surface area contributed by atoms with Crippen LogP contribution in [0.4, 0.5) is 0 Å². The van der Waals surface area contributed by atoms with Crippen molar-refractivity contribution in [2.45, 2.75) is 11.3 Å². The Labute approximate surface area is 107 Å². The Kier molecular flexibility index (Phi) is 5.94. The molecule has 3 N–H and O–H groups in total. The van der Waals surface area contributed by atoms with Crippen LogP contribution in [0.25, 0.3) is 0 Å². The first-order valence-electron chi connectivity index (χ1n) is 4.36. The molecule has 0 saturated heterocycles. The number of carbonyl (C=O) groups excluding carboxylic acids is 1. The van der Waals surface area contributed by atoms with Gasteiger partial charge in [-0.3, -0.25) is 4.79 Å². The van der Waals surface area contributed by atoms with Crippen molar-refractivity contribution in [3.8, 4) is 0 Å². The SMILES string of the molecule is NNOC(=O)CCSc1cc(Cl)ccc1Cl. The van der Waals surface area contributed by atoms with Gasteiger partial charge in [0.1, 0.15) is 0 Å². The summed E-state index contributed by atoms with van der Waals surface area (Å²) >= 11 is 13.2. The Balaban J connectivity index is 2.42. The number of halogens is 2. The molecule has 16 heavy (non-hydrogen) atoms. The highest BCUT2D eigenvalue weighted by molar-refractivity contribution is 7.99. The van der Waals surface area contributed by atoms with Crippen molar-refractivity contribution < 1.29 is 9.63 Å². The van der Waals surface area contributed by atoms with Gasteiger partial charge in [0.25, 0.3) is 0 Å². The first kappa shape index (κ1) is 13.6. The minimum atomic E-state index is -0.423. The smallest absolute Gasteiger partial charge is 0.327 e. The molecule has 0 aromatic heterocycles. The first-order valence-corrected chi connectivity index (χ1v) is 6.10. The lowest BCUT2D eigenvalue weighted by atomic mass is 10.4. The highest BCUT2D eigenvalue weighted by atomic mass is 35.5. The van der Waals surface area contributed by atoms with Gasteiger partial charge in [0.15, 0.2) is 0 Å². The number of hydrogen-bond acceptors (Lipinski definition) is 5. The number of nitrogens with one attached hydrogen (secondary N) is 1. The van der Waals surface area contributed by atoms with E-state index < -0.39 is 5.97 Å². The van der Waals surface area contributed by atoms with Gasteiger partial charge in [-0.2, -0.15) is 0 Å². The zero-order valence-corrected chi connectivity index (χ0v) is 10.5. The molecule has 1 rings (SSSR count). The molecule has 7 heteroatoms. The number of thioether (sulfide) groups is 1. The third-order valence-electron chi connectivity index (χ3n) is 1.63. The fourth-order valence-electron chi connectivity index (χ4n) is 0.949. The zero-order valence-electron chi connectivity index (χ0n) is 8.20. The predicted octanol–water partition coefficient (Wildman–Crippen LogP) is 2.40. The van der Waals surface area contributed by atoms with Crippen LogP contribution >= 0.6 is 35.0 Å². The normalized spacial score (nSPS) is 10.2. The van der Waals surface area contributed by atoms with Gasteiger partial charge in [0.2, 0.25) is 0 Å². The van der Waals surface area contributed by atoms with E-state index in [9.17, 15) is 4.79 Å². The maximum atomic E-state index is 10.9.